The van der Waals surface area contributed by atoms with Gasteiger partial charge in [-0.2, -0.15) is 0 Å². The fraction of sp³-hybridized carbons (Fsp3) is 0. The molecule has 0 aromatic heterocycles. The molecule has 0 unspecified atom stereocenters. The van der Waals surface area contributed by atoms with Crippen molar-refractivity contribution in [3.63, 3.8) is 0 Å². The molecule has 0 amide bonds. The largest absolute Gasteiger partial charge is 0.452 e. The summed E-state index contributed by atoms with van der Waals surface area (Å²) in [5, 5.41) is 0.853. The van der Waals surface area contributed by atoms with E-state index in [1.54, 1.807) is 18.2 Å². The highest BCUT2D eigenvalue weighted by molar-refractivity contribution is 6.35. The SMILES string of the molecule is O=C(Oc1ccc2c(c1)O/C(=C\c1ccc(Cl)cc1Cl)C2=O)c1cccc(F)c1. The molecule has 3 aromatic carbocycles. The van der Waals surface area contributed by atoms with Crippen LogP contribution in [0.1, 0.15) is 26.3 Å². The van der Waals surface area contributed by atoms with Crippen LogP contribution in [0.3, 0.4) is 0 Å². The van der Waals surface area contributed by atoms with Crippen LogP contribution >= 0.6 is 23.2 Å². The third-order valence-electron chi connectivity index (χ3n) is 4.16. The second-order valence-corrected chi connectivity index (χ2v) is 7.01. The van der Waals surface area contributed by atoms with Crippen LogP contribution in [-0.2, 0) is 0 Å². The van der Waals surface area contributed by atoms with E-state index in [1.165, 1.54) is 42.5 Å². The molecule has 144 valence electrons. The maximum atomic E-state index is 13.3. The Bertz CT molecular complexity index is 1190. The molecule has 0 saturated heterocycles. The molecule has 1 aliphatic heterocycles. The van der Waals surface area contributed by atoms with Crippen molar-refractivity contribution in [2.24, 2.45) is 0 Å². The highest BCUT2D eigenvalue weighted by Crippen LogP contribution is 2.36. The minimum Gasteiger partial charge on any atom is -0.452 e. The van der Waals surface area contributed by atoms with Gasteiger partial charge in [0.05, 0.1) is 11.1 Å². The Hall–Kier alpha value is -3.15. The van der Waals surface area contributed by atoms with Crippen LogP contribution in [0.4, 0.5) is 4.39 Å². The molecule has 4 rings (SSSR count). The highest BCUT2D eigenvalue weighted by Gasteiger charge is 2.28. The number of benzene rings is 3. The third kappa shape index (κ3) is 4.01. The summed E-state index contributed by atoms with van der Waals surface area (Å²) in [5.74, 6) is -1.10. The number of carbonyl (C=O) groups excluding carboxylic acids is 2. The van der Waals surface area contributed by atoms with E-state index < -0.39 is 11.8 Å². The van der Waals surface area contributed by atoms with E-state index in [-0.39, 0.29) is 28.6 Å². The zero-order valence-electron chi connectivity index (χ0n) is 14.6. The minimum atomic E-state index is -0.725. The Morgan fingerprint density at radius 3 is 2.62 bits per heavy atom. The van der Waals surface area contributed by atoms with Gasteiger partial charge in [-0.15, -0.1) is 0 Å². The van der Waals surface area contributed by atoms with Gasteiger partial charge >= 0.3 is 5.97 Å². The van der Waals surface area contributed by atoms with Gasteiger partial charge < -0.3 is 9.47 Å². The lowest BCUT2D eigenvalue weighted by molar-refractivity contribution is 0.0734. The number of esters is 1. The Labute approximate surface area is 175 Å². The van der Waals surface area contributed by atoms with Gasteiger partial charge in [0.2, 0.25) is 5.78 Å². The molecule has 0 fully saturated rings. The lowest BCUT2D eigenvalue weighted by Crippen LogP contribution is -2.08. The summed E-state index contributed by atoms with van der Waals surface area (Å²) >= 11 is 12.0. The first kappa shape index (κ1) is 19.2. The summed E-state index contributed by atoms with van der Waals surface area (Å²) in [4.78, 5) is 24.7. The molecule has 3 aromatic rings. The van der Waals surface area contributed by atoms with Gasteiger partial charge in [0.15, 0.2) is 5.76 Å². The fourth-order valence-electron chi connectivity index (χ4n) is 2.77. The Morgan fingerprint density at radius 2 is 1.86 bits per heavy atom. The van der Waals surface area contributed by atoms with Crippen LogP contribution in [0, 0.1) is 5.82 Å². The number of hydrogen-bond donors (Lipinski definition) is 0. The molecule has 0 radical (unpaired) electrons. The van der Waals surface area contributed by atoms with E-state index in [0.717, 1.165) is 6.07 Å². The maximum absolute atomic E-state index is 13.3. The molecule has 0 aliphatic carbocycles. The quantitative estimate of drug-likeness (QED) is 0.293. The van der Waals surface area contributed by atoms with E-state index in [9.17, 15) is 14.0 Å². The second-order valence-electron chi connectivity index (χ2n) is 6.16. The number of ketones is 1. The van der Waals surface area contributed by atoms with Crippen molar-refractivity contribution in [1.82, 2.24) is 0 Å². The van der Waals surface area contributed by atoms with E-state index in [4.69, 9.17) is 32.7 Å². The number of allylic oxidation sites excluding steroid dienone is 1. The van der Waals surface area contributed by atoms with Crippen molar-refractivity contribution in [2.45, 2.75) is 0 Å². The lowest BCUT2D eigenvalue weighted by atomic mass is 10.1. The molecule has 0 spiro atoms. The number of fused-ring (bicyclic) bond motifs is 1. The smallest absolute Gasteiger partial charge is 0.343 e. The average Bonchev–Trinajstić information content (AvgIpc) is 2.99. The Kier molecular flexibility index (Phi) is 5.09. The molecule has 7 heteroatoms. The van der Waals surface area contributed by atoms with E-state index in [0.29, 0.717) is 21.2 Å². The standard InChI is InChI=1S/C22H11Cl2FO4/c23-14-5-4-12(18(24)10-14)9-20-21(26)17-7-6-16(11-19(17)29-20)28-22(27)13-2-1-3-15(25)8-13/h1-11H/b20-9-. The Balaban J connectivity index is 1.57. The van der Waals surface area contributed by atoms with Crippen molar-refractivity contribution < 1.29 is 23.5 Å². The van der Waals surface area contributed by atoms with Gasteiger partial charge in [-0.1, -0.05) is 35.3 Å². The summed E-state index contributed by atoms with van der Waals surface area (Å²) in [5.41, 5.74) is 0.970. The second kappa shape index (κ2) is 7.70. The van der Waals surface area contributed by atoms with Crippen LogP contribution in [0.2, 0.25) is 10.0 Å². The topological polar surface area (TPSA) is 52.6 Å². The molecule has 4 nitrogen and oxygen atoms in total. The predicted molar refractivity (Wildman–Crippen MR) is 107 cm³/mol. The zero-order valence-corrected chi connectivity index (χ0v) is 16.1. The maximum Gasteiger partial charge on any atom is 0.343 e. The number of ether oxygens (including phenoxy) is 2. The van der Waals surface area contributed by atoms with Crippen LogP contribution in [0.25, 0.3) is 6.08 Å². The van der Waals surface area contributed by atoms with Gasteiger partial charge in [-0.3, -0.25) is 4.79 Å². The minimum absolute atomic E-state index is 0.0699. The van der Waals surface area contributed by atoms with E-state index >= 15 is 0 Å². The number of halogens is 3. The molecule has 0 atom stereocenters. The van der Waals surface area contributed by atoms with Crippen LogP contribution in [-0.4, -0.2) is 11.8 Å². The highest BCUT2D eigenvalue weighted by atomic mass is 35.5. The molecule has 0 bridgehead atoms. The van der Waals surface area contributed by atoms with Crippen molar-refractivity contribution in [3.8, 4) is 11.5 Å². The first-order valence-corrected chi connectivity index (χ1v) is 9.17. The normalized spacial score (nSPS) is 13.9. The molecular weight excluding hydrogens is 418 g/mol. The van der Waals surface area contributed by atoms with Gasteiger partial charge in [0, 0.05) is 16.1 Å². The first-order chi connectivity index (χ1) is 13.9. The predicted octanol–water partition coefficient (Wildman–Crippen LogP) is 5.97. The molecular formula is C22H11Cl2FO4. The van der Waals surface area contributed by atoms with Gasteiger partial charge in [-0.25, -0.2) is 9.18 Å². The van der Waals surface area contributed by atoms with Crippen LogP contribution < -0.4 is 9.47 Å². The number of hydrogen-bond acceptors (Lipinski definition) is 4. The summed E-state index contributed by atoms with van der Waals surface area (Å²) in [6, 6.07) is 14.4. The van der Waals surface area contributed by atoms with Crippen molar-refractivity contribution >= 4 is 41.0 Å². The third-order valence-corrected chi connectivity index (χ3v) is 4.72. The van der Waals surface area contributed by atoms with E-state index in [2.05, 4.69) is 0 Å². The summed E-state index contributed by atoms with van der Waals surface area (Å²) < 4.78 is 24.1. The van der Waals surface area contributed by atoms with Crippen LogP contribution in [0.15, 0.2) is 66.4 Å². The average molecular weight is 429 g/mol. The summed E-state index contributed by atoms with van der Waals surface area (Å²) in [6.07, 6.45) is 1.51. The Morgan fingerprint density at radius 1 is 1.03 bits per heavy atom. The molecule has 1 heterocycles. The van der Waals surface area contributed by atoms with Crippen molar-refractivity contribution in [2.75, 3.05) is 0 Å². The summed E-state index contributed by atoms with van der Waals surface area (Å²) in [6.45, 7) is 0. The molecule has 1 aliphatic rings. The molecule has 0 saturated carbocycles. The number of Topliss-reactive ketones (excluding diaryl/α,β-unsaturated/α-hetero) is 1. The molecule has 0 N–H and O–H groups in total. The lowest BCUT2D eigenvalue weighted by Gasteiger charge is -2.06. The van der Waals surface area contributed by atoms with Crippen LogP contribution in [0.5, 0.6) is 11.5 Å². The van der Waals surface area contributed by atoms with Gasteiger partial charge in [-0.05, 0) is 54.1 Å². The number of rotatable bonds is 3. The van der Waals surface area contributed by atoms with Gasteiger partial charge in [0.25, 0.3) is 0 Å². The fourth-order valence-corrected chi connectivity index (χ4v) is 3.23. The van der Waals surface area contributed by atoms with Crippen molar-refractivity contribution in [1.29, 1.82) is 0 Å². The van der Waals surface area contributed by atoms with Crippen molar-refractivity contribution in [3.05, 3.63) is 99.0 Å². The monoisotopic (exact) mass is 428 g/mol. The summed E-state index contributed by atoms with van der Waals surface area (Å²) in [7, 11) is 0. The molecule has 29 heavy (non-hydrogen) atoms. The van der Waals surface area contributed by atoms with E-state index in [1.807, 2.05) is 0 Å². The van der Waals surface area contributed by atoms with Gasteiger partial charge in [0.1, 0.15) is 17.3 Å². The zero-order chi connectivity index (χ0) is 20.5. The first-order valence-electron chi connectivity index (χ1n) is 8.42. The number of carbonyl (C=O) groups is 2.